The fourth-order valence-corrected chi connectivity index (χ4v) is 4.22. The first-order valence-electron chi connectivity index (χ1n) is 8.15. The van der Waals surface area contributed by atoms with Crippen molar-refractivity contribution in [1.29, 1.82) is 0 Å². The van der Waals surface area contributed by atoms with E-state index in [-0.39, 0.29) is 11.1 Å². The maximum Gasteiger partial charge on any atom is 0.238 e. The van der Waals surface area contributed by atoms with Crippen LogP contribution in [-0.4, -0.2) is 14.6 Å². The number of rotatable bonds is 5. The first-order chi connectivity index (χ1) is 12.2. The van der Waals surface area contributed by atoms with Gasteiger partial charge in [0.2, 0.25) is 10.0 Å². The molecule has 9 heteroatoms. The Morgan fingerprint density at radius 3 is 2.58 bits per heavy atom. The molecule has 6 nitrogen and oxygen atoms in total. The molecule has 0 fully saturated rings. The SMILES string of the molecule is CC(C)CC1NSc2cc(Nc3ccc(S(N)(=O)=O)cc3)c(Cl)cc2N1. The second-order valence-electron chi connectivity index (χ2n) is 6.57. The van der Waals surface area contributed by atoms with Crippen molar-refractivity contribution in [3.8, 4) is 0 Å². The number of fused-ring (bicyclic) bond motifs is 1. The van der Waals surface area contributed by atoms with Crippen molar-refractivity contribution in [2.75, 3.05) is 10.6 Å². The Hall–Kier alpha value is -1.45. The molecular formula is C17H21ClN4O2S2. The highest BCUT2D eigenvalue weighted by atomic mass is 35.5. The van der Waals surface area contributed by atoms with Crippen molar-refractivity contribution < 1.29 is 8.42 Å². The summed E-state index contributed by atoms with van der Waals surface area (Å²) >= 11 is 7.99. The maximum absolute atomic E-state index is 11.3. The Kier molecular flexibility index (Phi) is 5.69. The molecule has 3 rings (SSSR count). The van der Waals surface area contributed by atoms with Gasteiger partial charge >= 0.3 is 0 Å². The van der Waals surface area contributed by atoms with Gasteiger partial charge in [-0.05, 0) is 60.7 Å². The topological polar surface area (TPSA) is 96.2 Å². The van der Waals surface area contributed by atoms with Crippen LogP contribution in [0.2, 0.25) is 5.02 Å². The molecular weight excluding hydrogens is 392 g/mol. The fourth-order valence-electron chi connectivity index (χ4n) is 2.66. The van der Waals surface area contributed by atoms with E-state index in [1.807, 2.05) is 12.1 Å². The van der Waals surface area contributed by atoms with Crippen molar-refractivity contribution in [2.45, 2.75) is 36.2 Å². The third-order valence-corrected chi connectivity index (χ3v) is 6.08. The minimum absolute atomic E-state index is 0.0692. The molecule has 2 aromatic carbocycles. The van der Waals surface area contributed by atoms with Gasteiger partial charge in [-0.3, -0.25) is 0 Å². The van der Waals surface area contributed by atoms with E-state index in [0.29, 0.717) is 10.9 Å². The molecule has 1 aliphatic rings. The average molecular weight is 413 g/mol. The summed E-state index contributed by atoms with van der Waals surface area (Å²) in [5, 5.41) is 12.4. The number of benzene rings is 2. The molecule has 0 saturated heterocycles. The van der Waals surface area contributed by atoms with Gasteiger partial charge in [0.05, 0.1) is 27.5 Å². The summed E-state index contributed by atoms with van der Waals surface area (Å²) in [6, 6.07) is 10.1. The number of sulfonamides is 1. The molecule has 1 atom stereocenters. The van der Waals surface area contributed by atoms with Crippen molar-refractivity contribution in [3.63, 3.8) is 0 Å². The van der Waals surface area contributed by atoms with Crippen LogP contribution in [0.15, 0.2) is 46.2 Å². The molecule has 0 aliphatic carbocycles. The lowest BCUT2D eigenvalue weighted by molar-refractivity contribution is 0.506. The van der Waals surface area contributed by atoms with Gasteiger partial charge in [-0.1, -0.05) is 25.4 Å². The van der Waals surface area contributed by atoms with Crippen LogP contribution < -0.4 is 20.5 Å². The van der Waals surface area contributed by atoms with Gasteiger partial charge in [-0.15, -0.1) is 0 Å². The number of nitrogens with two attached hydrogens (primary N) is 1. The van der Waals surface area contributed by atoms with Crippen LogP contribution in [0.5, 0.6) is 0 Å². The molecule has 0 radical (unpaired) electrons. The summed E-state index contributed by atoms with van der Waals surface area (Å²) in [6.45, 7) is 4.37. The van der Waals surface area contributed by atoms with Crippen LogP contribution >= 0.6 is 23.5 Å². The summed E-state index contributed by atoms with van der Waals surface area (Å²) < 4.78 is 26.1. The number of hydrogen-bond acceptors (Lipinski definition) is 6. The van der Waals surface area contributed by atoms with Crippen LogP contribution in [0.1, 0.15) is 20.3 Å². The lowest BCUT2D eigenvalue weighted by atomic mass is 10.1. The van der Waals surface area contributed by atoms with E-state index in [2.05, 4.69) is 29.2 Å². The Morgan fingerprint density at radius 2 is 1.96 bits per heavy atom. The van der Waals surface area contributed by atoms with Crippen LogP contribution in [0.3, 0.4) is 0 Å². The van der Waals surface area contributed by atoms with E-state index >= 15 is 0 Å². The maximum atomic E-state index is 11.3. The van der Waals surface area contributed by atoms with Crippen LogP contribution in [0.4, 0.5) is 17.1 Å². The van der Waals surface area contributed by atoms with E-state index in [1.54, 1.807) is 24.1 Å². The third-order valence-electron chi connectivity index (χ3n) is 3.88. The highest BCUT2D eigenvalue weighted by molar-refractivity contribution is 7.97. The van der Waals surface area contributed by atoms with Crippen molar-refractivity contribution >= 4 is 50.6 Å². The van der Waals surface area contributed by atoms with Crippen LogP contribution in [-0.2, 0) is 10.0 Å². The zero-order chi connectivity index (χ0) is 18.9. The van der Waals surface area contributed by atoms with Crippen molar-refractivity contribution in [2.24, 2.45) is 11.1 Å². The number of hydrogen-bond donors (Lipinski definition) is 4. The summed E-state index contributed by atoms with van der Waals surface area (Å²) in [7, 11) is -3.70. The smallest absolute Gasteiger partial charge is 0.238 e. The monoisotopic (exact) mass is 412 g/mol. The van der Waals surface area contributed by atoms with E-state index in [9.17, 15) is 8.42 Å². The van der Waals surface area contributed by atoms with Gasteiger partial charge in [-0.2, -0.15) is 0 Å². The number of halogens is 1. The predicted octanol–water partition coefficient (Wildman–Crippen LogP) is 4.13. The van der Waals surface area contributed by atoms with Gasteiger partial charge in [-0.25, -0.2) is 18.3 Å². The molecule has 0 bridgehead atoms. The normalized spacial score (nSPS) is 16.9. The largest absolute Gasteiger partial charge is 0.368 e. The first kappa shape index (κ1) is 19.3. The number of nitrogens with one attached hydrogen (secondary N) is 3. The zero-order valence-corrected chi connectivity index (χ0v) is 16.8. The second-order valence-corrected chi connectivity index (χ2v) is 9.42. The molecule has 0 aromatic heterocycles. The van der Waals surface area contributed by atoms with E-state index in [0.717, 1.165) is 28.4 Å². The minimum atomic E-state index is -3.70. The summed E-state index contributed by atoms with van der Waals surface area (Å²) in [5.74, 6) is 0.582. The summed E-state index contributed by atoms with van der Waals surface area (Å²) in [6.07, 6.45) is 1.22. The quantitative estimate of drug-likeness (QED) is 0.551. The summed E-state index contributed by atoms with van der Waals surface area (Å²) in [4.78, 5) is 1.11. The molecule has 0 saturated carbocycles. The Labute approximate surface area is 163 Å². The Balaban J connectivity index is 1.78. The fraction of sp³-hybridized carbons (Fsp3) is 0.294. The average Bonchev–Trinajstić information content (AvgIpc) is 2.55. The molecule has 1 aliphatic heterocycles. The second kappa shape index (κ2) is 7.66. The van der Waals surface area contributed by atoms with E-state index in [4.69, 9.17) is 16.7 Å². The first-order valence-corrected chi connectivity index (χ1v) is 10.9. The highest BCUT2D eigenvalue weighted by Gasteiger charge is 2.20. The van der Waals surface area contributed by atoms with Gasteiger partial charge in [0.15, 0.2) is 0 Å². The standard InChI is InChI=1S/C17H21ClN4O2S2/c1-10(2)7-17-21-15-8-13(18)14(9-16(15)25-22-17)20-11-3-5-12(6-4-11)26(19,23)24/h3-6,8-10,17,20-22H,7H2,1-2H3,(H2,19,23,24). The van der Waals surface area contributed by atoms with Gasteiger partial charge < -0.3 is 10.6 Å². The highest BCUT2D eigenvalue weighted by Crippen LogP contribution is 2.38. The number of anilines is 3. The molecule has 0 spiro atoms. The van der Waals surface area contributed by atoms with Crippen LogP contribution in [0.25, 0.3) is 0 Å². The lowest BCUT2D eigenvalue weighted by Gasteiger charge is -2.29. The van der Waals surface area contributed by atoms with Crippen molar-refractivity contribution in [3.05, 3.63) is 41.4 Å². The van der Waals surface area contributed by atoms with E-state index in [1.165, 1.54) is 12.1 Å². The van der Waals surface area contributed by atoms with E-state index < -0.39 is 10.0 Å². The molecule has 1 heterocycles. The van der Waals surface area contributed by atoms with Crippen molar-refractivity contribution in [1.82, 2.24) is 4.72 Å². The minimum Gasteiger partial charge on any atom is -0.368 e. The summed E-state index contributed by atoms with van der Waals surface area (Å²) in [5.41, 5.74) is 2.46. The third kappa shape index (κ3) is 4.63. The van der Waals surface area contributed by atoms with Gasteiger partial charge in [0, 0.05) is 10.6 Å². The number of primary sulfonamides is 1. The molecule has 0 amide bonds. The lowest BCUT2D eigenvalue weighted by Crippen LogP contribution is -2.36. The molecule has 1 unspecified atom stereocenters. The molecule has 140 valence electrons. The molecule has 26 heavy (non-hydrogen) atoms. The van der Waals surface area contributed by atoms with Gasteiger partial charge in [0.25, 0.3) is 0 Å². The Bertz CT molecular complexity index is 902. The molecule has 5 N–H and O–H groups in total. The Morgan fingerprint density at radius 1 is 1.27 bits per heavy atom. The van der Waals surface area contributed by atoms with Crippen LogP contribution in [0, 0.1) is 5.92 Å². The predicted molar refractivity (Wildman–Crippen MR) is 108 cm³/mol. The molecule has 2 aromatic rings. The zero-order valence-electron chi connectivity index (χ0n) is 14.4. The van der Waals surface area contributed by atoms with Gasteiger partial charge in [0.1, 0.15) is 0 Å².